The SMILES string of the molecule is O[C@@H](c1cc(-c2ccc(C(F)(F)F)nc2)nc2ccccc12)[C@H]1CCCCN1. The number of rotatable bonds is 3. The third-order valence-electron chi connectivity index (χ3n) is 5.15. The molecule has 2 atom stereocenters. The van der Waals surface area contributed by atoms with E-state index in [0.717, 1.165) is 42.8 Å². The van der Waals surface area contributed by atoms with Crippen LogP contribution >= 0.6 is 0 Å². The van der Waals surface area contributed by atoms with Crippen molar-refractivity contribution in [2.75, 3.05) is 6.54 Å². The second-order valence-electron chi connectivity index (χ2n) is 7.04. The van der Waals surface area contributed by atoms with Crippen LogP contribution in [0.2, 0.25) is 0 Å². The summed E-state index contributed by atoms with van der Waals surface area (Å²) < 4.78 is 38.4. The molecule has 4 rings (SSSR count). The van der Waals surface area contributed by atoms with Crippen molar-refractivity contribution in [1.29, 1.82) is 0 Å². The Hall–Kier alpha value is -2.51. The van der Waals surface area contributed by atoms with Crippen LogP contribution in [-0.2, 0) is 6.18 Å². The molecule has 0 bridgehead atoms. The van der Waals surface area contributed by atoms with Crippen molar-refractivity contribution in [2.24, 2.45) is 0 Å². The summed E-state index contributed by atoms with van der Waals surface area (Å²) in [7, 11) is 0. The Morgan fingerprint density at radius 1 is 1.11 bits per heavy atom. The molecule has 1 aliphatic heterocycles. The minimum atomic E-state index is -4.48. The van der Waals surface area contributed by atoms with Crippen molar-refractivity contribution in [3.8, 4) is 11.3 Å². The van der Waals surface area contributed by atoms with E-state index < -0.39 is 18.0 Å². The second kappa shape index (κ2) is 7.48. The summed E-state index contributed by atoms with van der Waals surface area (Å²) in [5.41, 5.74) is 1.43. The van der Waals surface area contributed by atoms with Gasteiger partial charge in [0.15, 0.2) is 0 Å². The zero-order valence-corrected chi connectivity index (χ0v) is 15.1. The number of benzene rings is 1. The fraction of sp³-hybridized carbons (Fsp3) is 0.333. The zero-order valence-electron chi connectivity index (χ0n) is 15.1. The number of hydrogen-bond donors (Lipinski definition) is 2. The van der Waals surface area contributed by atoms with Gasteiger partial charge < -0.3 is 10.4 Å². The van der Waals surface area contributed by atoms with Gasteiger partial charge in [-0.3, -0.25) is 4.98 Å². The van der Waals surface area contributed by atoms with E-state index in [4.69, 9.17) is 0 Å². The summed E-state index contributed by atoms with van der Waals surface area (Å²) >= 11 is 0. The third kappa shape index (κ3) is 3.72. The Morgan fingerprint density at radius 3 is 2.61 bits per heavy atom. The van der Waals surface area contributed by atoms with Gasteiger partial charge in [-0.2, -0.15) is 13.2 Å². The van der Waals surface area contributed by atoms with Crippen LogP contribution in [-0.4, -0.2) is 27.7 Å². The van der Waals surface area contributed by atoms with Crippen molar-refractivity contribution >= 4 is 10.9 Å². The van der Waals surface area contributed by atoms with Gasteiger partial charge >= 0.3 is 6.18 Å². The Labute approximate surface area is 160 Å². The summed E-state index contributed by atoms with van der Waals surface area (Å²) in [5, 5.41) is 15.2. The van der Waals surface area contributed by atoms with Crippen LogP contribution in [0.5, 0.6) is 0 Å². The van der Waals surface area contributed by atoms with Crippen LogP contribution in [0.25, 0.3) is 22.2 Å². The summed E-state index contributed by atoms with van der Waals surface area (Å²) in [4.78, 5) is 8.10. The smallest absolute Gasteiger partial charge is 0.387 e. The van der Waals surface area contributed by atoms with Crippen LogP contribution < -0.4 is 5.32 Å². The summed E-state index contributed by atoms with van der Waals surface area (Å²) in [6, 6.07) is 11.5. The average Bonchev–Trinajstić information content (AvgIpc) is 2.72. The summed E-state index contributed by atoms with van der Waals surface area (Å²) in [6.07, 6.45) is -1.03. The van der Waals surface area contributed by atoms with Crippen LogP contribution in [0.15, 0.2) is 48.7 Å². The predicted octanol–water partition coefficient (Wildman–Crippen LogP) is 4.49. The summed E-state index contributed by atoms with van der Waals surface area (Å²) in [5.74, 6) is 0. The van der Waals surface area contributed by atoms with E-state index in [9.17, 15) is 18.3 Å². The molecule has 28 heavy (non-hydrogen) atoms. The number of aliphatic hydroxyl groups is 1. The van der Waals surface area contributed by atoms with E-state index in [1.165, 1.54) is 12.3 Å². The van der Waals surface area contributed by atoms with Crippen molar-refractivity contribution in [2.45, 2.75) is 37.6 Å². The number of nitrogens with zero attached hydrogens (tertiary/aromatic N) is 2. The molecule has 0 amide bonds. The minimum Gasteiger partial charge on any atom is -0.387 e. The molecule has 2 aromatic heterocycles. The minimum absolute atomic E-state index is 0.0573. The van der Waals surface area contributed by atoms with Crippen molar-refractivity contribution in [3.05, 3.63) is 59.9 Å². The maximum Gasteiger partial charge on any atom is 0.433 e. The fourth-order valence-corrected chi connectivity index (χ4v) is 3.67. The molecule has 1 fully saturated rings. The normalized spacial score (nSPS) is 18.9. The molecule has 0 saturated carbocycles. The number of halogens is 3. The number of para-hydroxylation sites is 1. The maximum absolute atomic E-state index is 12.8. The monoisotopic (exact) mass is 387 g/mol. The van der Waals surface area contributed by atoms with Gasteiger partial charge in [0.25, 0.3) is 0 Å². The number of nitrogens with one attached hydrogen (secondary N) is 1. The van der Waals surface area contributed by atoms with Gasteiger partial charge in [0.05, 0.1) is 17.3 Å². The fourth-order valence-electron chi connectivity index (χ4n) is 3.67. The molecule has 146 valence electrons. The quantitative estimate of drug-likeness (QED) is 0.695. The molecule has 2 N–H and O–H groups in total. The molecular weight excluding hydrogens is 367 g/mol. The largest absolute Gasteiger partial charge is 0.433 e. The van der Waals surface area contributed by atoms with Crippen molar-refractivity contribution in [1.82, 2.24) is 15.3 Å². The first kappa shape index (κ1) is 18.8. The van der Waals surface area contributed by atoms with E-state index in [-0.39, 0.29) is 6.04 Å². The van der Waals surface area contributed by atoms with E-state index >= 15 is 0 Å². The van der Waals surface area contributed by atoms with Gasteiger partial charge in [-0.25, -0.2) is 4.98 Å². The highest BCUT2D eigenvalue weighted by Gasteiger charge is 2.32. The number of aliphatic hydroxyl groups excluding tert-OH is 1. The Kier molecular flexibility index (Phi) is 5.03. The number of aromatic nitrogens is 2. The Bertz CT molecular complexity index is 967. The first-order valence-corrected chi connectivity index (χ1v) is 9.28. The van der Waals surface area contributed by atoms with E-state index in [2.05, 4.69) is 15.3 Å². The van der Waals surface area contributed by atoms with E-state index in [1.807, 2.05) is 24.3 Å². The van der Waals surface area contributed by atoms with Gasteiger partial charge in [-0.05, 0) is 49.2 Å². The number of alkyl halides is 3. The lowest BCUT2D eigenvalue weighted by atomic mass is 9.92. The zero-order chi connectivity index (χ0) is 19.7. The third-order valence-corrected chi connectivity index (χ3v) is 5.15. The van der Waals surface area contributed by atoms with Gasteiger partial charge in [-0.1, -0.05) is 24.6 Å². The highest BCUT2D eigenvalue weighted by atomic mass is 19.4. The molecule has 7 heteroatoms. The van der Waals surface area contributed by atoms with Gasteiger partial charge in [-0.15, -0.1) is 0 Å². The molecule has 3 heterocycles. The molecule has 1 aromatic carbocycles. The number of pyridine rings is 2. The van der Waals surface area contributed by atoms with Crippen LogP contribution in [0.3, 0.4) is 0 Å². The molecule has 1 aliphatic rings. The average molecular weight is 387 g/mol. The van der Waals surface area contributed by atoms with Crippen LogP contribution in [0.4, 0.5) is 13.2 Å². The molecule has 0 aliphatic carbocycles. The van der Waals surface area contributed by atoms with Crippen molar-refractivity contribution < 1.29 is 18.3 Å². The maximum atomic E-state index is 12.8. The molecule has 3 aromatic rings. The number of piperidine rings is 1. The van der Waals surface area contributed by atoms with E-state index in [1.54, 1.807) is 6.07 Å². The topological polar surface area (TPSA) is 58.0 Å². The Balaban J connectivity index is 1.77. The molecule has 0 radical (unpaired) electrons. The molecular formula is C21H20F3N3O. The summed E-state index contributed by atoms with van der Waals surface area (Å²) in [6.45, 7) is 0.862. The van der Waals surface area contributed by atoms with Gasteiger partial charge in [0, 0.05) is 23.2 Å². The first-order valence-electron chi connectivity index (χ1n) is 9.28. The molecule has 0 unspecified atom stereocenters. The lowest BCUT2D eigenvalue weighted by Gasteiger charge is -2.29. The number of fused-ring (bicyclic) bond motifs is 1. The predicted molar refractivity (Wildman–Crippen MR) is 101 cm³/mol. The number of hydrogen-bond acceptors (Lipinski definition) is 4. The molecule has 0 spiro atoms. The van der Waals surface area contributed by atoms with Crippen LogP contribution in [0, 0.1) is 0 Å². The van der Waals surface area contributed by atoms with Gasteiger partial charge in [0.2, 0.25) is 0 Å². The highest BCUT2D eigenvalue weighted by molar-refractivity contribution is 5.85. The highest BCUT2D eigenvalue weighted by Crippen LogP contribution is 2.33. The Morgan fingerprint density at radius 2 is 1.93 bits per heavy atom. The standard InChI is InChI=1S/C21H20F3N3O/c22-21(23,24)19-9-8-13(12-26-19)18-11-15(14-5-1-2-6-16(14)27-18)20(28)17-7-3-4-10-25-17/h1-2,5-6,8-9,11-12,17,20,25,28H,3-4,7,10H2/t17-,20+/m1/s1. The van der Waals surface area contributed by atoms with Gasteiger partial charge in [0.1, 0.15) is 5.69 Å². The van der Waals surface area contributed by atoms with Crippen molar-refractivity contribution in [3.63, 3.8) is 0 Å². The van der Waals surface area contributed by atoms with Crippen LogP contribution in [0.1, 0.15) is 36.6 Å². The lowest BCUT2D eigenvalue weighted by Crippen LogP contribution is -2.38. The van der Waals surface area contributed by atoms with E-state index in [0.29, 0.717) is 16.8 Å². The lowest BCUT2D eigenvalue weighted by molar-refractivity contribution is -0.141. The second-order valence-corrected chi connectivity index (χ2v) is 7.04. The first-order chi connectivity index (χ1) is 13.4. The molecule has 1 saturated heterocycles. The molecule has 4 nitrogen and oxygen atoms in total.